The number of Topliss-reactive ketones (excluding diaryl/α,β-unsaturated/α-hetero) is 3. The SMILES string of the molecule is CC(=O)NCCN1C(=O)CC(c2c3ccccc3c3n2CCCC[C@H](NC(C)=O)C(=O)C[C@@H](CO)C(=O)N[C@@H](CC(=O)O)C(=O)N[C@@H](CO)C(=O)C[C@@H](Cc2c[nH]c4ccccc24)C(=O)N[C@@H](Cc2cnc[nH]2)C(=O)N[C@@H](Cc2ccc(O)cc2)C(=O)N[C@@H](Cc2c[nH]c4ccccc24)C(=O)C[C@H](C(N)=O)CS3)C1=O. The van der Waals surface area contributed by atoms with Gasteiger partial charge in [-0.15, -0.1) is 11.8 Å². The van der Waals surface area contributed by atoms with Crippen molar-refractivity contribution in [3.8, 4) is 5.75 Å². The molecule has 2 aliphatic rings. The number of nitrogens with zero attached hydrogens (tertiary/aromatic N) is 3. The standard InChI is InChI=1S/C77H88N14O18S/c1-41(94)80-22-24-90-67(100)32-55(76(90)109)69-53-13-3-4-14-54(53)77-91(69)23-10-9-17-58(84-42(2)95)64(97)29-47(37-92)72(105)87-62(33-68(101)102)75(108)89-63(38-93)66(99)28-44(26-45-34-81-56-15-7-5-11-51(45)56)71(104)86-61(31-49-36-79-40-83-49)74(107)88-60(25-43-18-20-50(96)21-19-43)73(106)85-59(65(98)30-48(39-110-77)70(78)103)27-46-35-82-57-16-8-6-12-52(46)57/h3-8,11-16,18-21,34-36,40,44,47-48,55,58-63,81-82,92-93,96H,9-10,17,22-33,37-39H2,1-2H3,(H2,78,103)(H,79,83)(H,80,94)(H,84,95)(H,85,106)(H,86,104)(H,87,105)(H,88,107)(H,89,108)(H,101,102)/t44-,47+,48+,55?,58+,59+,60+,61+,62+,63+/m1/s1. The van der Waals surface area contributed by atoms with Crippen LogP contribution in [0, 0.1) is 17.8 Å². The van der Waals surface area contributed by atoms with Crippen LogP contribution in [0.3, 0.4) is 0 Å². The number of imidazole rings is 1. The molecule has 0 aliphatic carbocycles. The monoisotopic (exact) mass is 1530 g/mol. The van der Waals surface area contributed by atoms with Gasteiger partial charge in [0.25, 0.3) is 0 Å². The van der Waals surface area contributed by atoms with Crippen molar-refractivity contribution in [1.82, 2.24) is 66.6 Å². The largest absolute Gasteiger partial charge is 0.508 e. The molecule has 4 aromatic heterocycles. The number of primary amides is 1. The highest BCUT2D eigenvalue weighted by molar-refractivity contribution is 7.99. The van der Waals surface area contributed by atoms with Gasteiger partial charge in [0.15, 0.2) is 17.3 Å². The summed E-state index contributed by atoms with van der Waals surface area (Å²) in [6.45, 7) is 0.168. The first-order chi connectivity index (χ1) is 52.8. The molecule has 10 atom stereocenters. The van der Waals surface area contributed by atoms with Crippen LogP contribution in [0.25, 0.3) is 32.6 Å². The topological polar surface area (TPSA) is 499 Å². The number of amides is 10. The van der Waals surface area contributed by atoms with Gasteiger partial charge in [0.05, 0.1) is 60.8 Å². The van der Waals surface area contributed by atoms with Crippen LogP contribution in [0.5, 0.6) is 5.75 Å². The van der Waals surface area contributed by atoms with Gasteiger partial charge >= 0.3 is 5.97 Å². The van der Waals surface area contributed by atoms with E-state index in [9.17, 15) is 68.4 Å². The number of fused-ring (bicyclic) bond motifs is 5. The average Bonchev–Trinajstić information content (AvgIpc) is 1.59. The van der Waals surface area contributed by atoms with Gasteiger partial charge < -0.3 is 82.9 Å². The van der Waals surface area contributed by atoms with Gasteiger partial charge in [-0.25, -0.2) is 4.98 Å². The van der Waals surface area contributed by atoms with Gasteiger partial charge in [-0.1, -0.05) is 72.8 Å². The van der Waals surface area contributed by atoms with E-state index in [1.165, 1.54) is 43.7 Å². The van der Waals surface area contributed by atoms with Crippen LogP contribution >= 0.6 is 11.8 Å². The van der Waals surface area contributed by atoms with Crippen LogP contribution in [-0.4, -0.2) is 201 Å². The van der Waals surface area contributed by atoms with E-state index < -0.39 is 175 Å². The highest BCUT2D eigenvalue weighted by Gasteiger charge is 2.43. The number of imide groups is 1. The number of aliphatic hydroxyl groups is 2. The molecule has 1 unspecified atom stereocenters. The summed E-state index contributed by atoms with van der Waals surface area (Å²) in [5.74, 6) is -18.1. The van der Waals surface area contributed by atoms with Gasteiger partial charge in [0, 0.05) is 153 Å². The van der Waals surface area contributed by atoms with Gasteiger partial charge in [0.1, 0.15) is 29.9 Å². The van der Waals surface area contributed by atoms with Crippen molar-refractivity contribution in [2.24, 2.45) is 23.5 Å². The third kappa shape index (κ3) is 20.5. The van der Waals surface area contributed by atoms with Crippen LogP contribution in [0.1, 0.15) is 99.2 Å². The molecule has 16 N–H and O–H groups in total. The zero-order valence-electron chi connectivity index (χ0n) is 60.4. The number of aliphatic carboxylic acids is 1. The minimum absolute atomic E-state index is 0.0301. The number of nitrogens with one attached hydrogen (secondary N) is 10. The number of ketones is 3. The molecule has 0 bridgehead atoms. The maximum absolute atomic E-state index is 15.5. The van der Waals surface area contributed by atoms with Crippen molar-refractivity contribution in [2.75, 3.05) is 32.1 Å². The number of hydrogen-bond acceptors (Lipinski definition) is 19. The van der Waals surface area contributed by atoms with E-state index in [2.05, 4.69) is 57.2 Å². The fourth-order valence-electron chi connectivity index (χ4n) is 14.0. The molecule has 33 heteroatoms. The lowest BCUT2D eigenvalue weighted by Crippen LogP contribution is -2.58. The molecule has 0 radical (unpaired) electrons. The molecule has 4 aromatic carbocycles. The Morgan fingerprint density at radius 3 is 1.78 bits per heavy atom. The second-order valence-corrected chi connectivity index (χ2v) is 28.6. The summed E-state index contributed by atoms with van der Waals surface area (Å²) in [5, 5.41) is 63.0. The van der Waals surface area contributed by atoms with Crippen molar-refractivity contribution < 1.29 is 87.5 Å². The molecule has 10 rings (SSSR count). The number of carbonyl (C=O) groups is 14. The highest BCUT2D eigenvalue weighted by Crippen LogP contribution is 2.42. The van der Waals surface area contributed by atoms with E-state index in [1.807, 2.05) is 10.6 Å². The molecule has 10 amide bonds. The molecule has 8 aromatic rings. The number of carboxylic acids is 1. The number of aromatic nitrogens is 5. The number of hydrogen-bond donors (Lipinski definition) is 15. The summed E-state index contributed by atoms with van der Waals surface area (Å²) in [6.07, 6.45) is 1.70. The van der Waals surface area contributed by atoms with Gasteiger partial charge in [-0.05, 0) is 66.6 Å². The molecular formula is C77H88N14O18S. The minimum atomic E-state index is -2.02. The first-order valence-corrected chi connectivity index (χ1v) is 37.0. The Labute approximate surface area is 634 Å². The highest BCUT2D eigenvalue weighted by atomic mass is 32.2. The number of phenolic OH excluding ortho intramolecular Hbond substituents is 1. The van der Waals surface area contributed by atoms with E-state index in [4.69, 9.17) is 5.73 Å². The Bertz CT molecular complexity index is 4760. The van der Waals surface area contributed by atoms with Crippen LogP contribution < -0.4 is 43.0 Å². The van der Waals surface area contributed by atoms with Crippen molar-refractivity contribution in [3.63, 3.8) is 0 Å². The second-order valence-electron chi connectivity index (χ2n) is 27.6. The Balaban J connectivity index is 1.05. The van der Waals surface area contributed by atoms with E-state index in [0.29, 0.717) is 65.7 Å². The lowest BCUT2D eigenvalue weighted by Gasteiger charge is -2.27. The van der Waals surface area contributed by atoms with E-state index in [1.54, 1.807) is 79.1 Å². The van der Waals surface area contributed by atoms with Gasteiger partial charge in [0.2, 0.25) is 59.1 Å². The number of aliphatic hydroxyl groups excluding tert-OH is 2. The number of nitrogens with two attached hydrogens (primary N) is 1. The summed E-state index contributed by atoms with van der Waals surface area (Å²) in [5.41, 5.74) is 9.79. The molecule has 110 heavy (non-hydrogen) atoms. The number of H-pyrrole nitrogens is 3. The quantitative estimate of drug-likeness (QED) is 0.0545. The van der Waals surface area contributed by atoms with E-state index in [0.717, 1.165) is 23.6 Å². The number of carboxylic acid groups (broad SMARTS) is 1. The van der Waals surface area contributed by atoms with Crippen molar-refractivity contribution >= 4 is 127 Å². The molecule has 1 fully saturated rings. The predicted octanol–water partition coefficient (Wildman–Crippen LogP) is 1.86. The number of aromatic amines is 3. The number of carbonyl (C=O) groups excluding carboxylic acids is 13. The van der Waals surface area contributed by atoms with Crippen LogP contribution in [0.4, 0.5) is 0 Å². The smallest absolute Gasteiger partial charge is 0.305 e. The second kappa shape index (κ2) is 37.3. The Morgan fingerprint density at radius 1 is 0.591 bits per heavy atom. The molecular weight excluding hydrogens is 1440 g/mol. The number of phenols is 1. The summed E-state index contributed by atoms with van der Waals surface area (Å²) in [7, 11) is 0. The summed E-state index contributed by atoms with van der Waals surface area (Å²) < 4.78 is 1.81. The van der Waals surface area contributed by atoms with E-state index in [-0.39, 0.29) is 88.4 Å². The number of rotatable bonds is 18. The molecule has 1 saturated heterocycles. The number of benzene rings is 4. The maximum atomic E-state index is 15.5. The van der Waals surface area contributed by atoms with Crippen LogP contribution in [0.15, 0.2) is 127 Å². The number of thioether (sulfide) groups is 1. The van der Waals surface area contributed by atoms with Crippen LogP contribution in [-0.2, 0) is 99.4 Å². The summed E-state index contributed by atoms with van der Waals surface area (Å²) in [6, 6.07) is 17.1. The number of aromatic hydroxyl groups is 1. The van der Waals surface area contributed by atoms with Crippen molar-refractivity contribution in [1.29, 1.82) is 0 Å². The minimum Gasteiger partial charge on any atom is -0.508 e. The molecule has 2 aliphatic heterocycles. The first-order valence-electron chi connectivity index (χ1n) is 36.0. The van der Waals surface area contributed by atoms with Gasteiger partial charge in [-0.2, -0.15) is 0 Å². The summed E-state index contributed by atoms with van der Waals surface area (Å²) in [4.78, 5) is 213. The first kappa shape index (κ1) is 80.7. The maximum Gasteiger partial charge on any atom is 0.305 e. The lowest BCUT2D eigenvalue weighted by atomic mass is 9.90. The predicted molar refractivity (Wildman–Crippen MR) is 400 cm³/mol. The Morgan fingerprint density at radius 2 is 1.16 bits per heavy atom. The van der Waals surface area contributed by atoms with E-state index >= 15 is 19.2 Å². The van der Waals surface area contributed by atoms with Crippen molar-refractivity contribution in [3.05, 3.63) is 150 Å². The Hall–Kier alpha value is -11.8. The Kier molecular flexibility index (Phi) is 27.4. The van der Waals surface area contributed by atoms with Gasteiger partial charge in [-0.3, -0.25) is 72.0 Å². The molecule has 32 nitrogen and oxygen atoms in total. The van der Waals surface area contributed by atoms with Crippen molar-refractivity contribution in [2.45, 2.75) is 145 Å². The third-order valence-corrected chi connectivity index (χ3v) is 21.0. The molecule has 580 valence electrons. The number of para-hydroxylation sites is 2. The zero-order chi connectivity index (χ0) is 78.9. The molecule has 6 heterocycles. The fraction of sp³-hybridized carbons (Fsp3) is 0.390. The lowest BCUT2D eigenvalue weighted by molar-refractivity contribution is -0.142. The third-order valence-electron chi connectivity index (χ3n) is 19.7. The zero-order valence-corrected chi connectivity index (χ0v) is 61.2. The number of likely N-dealkylation sites (tertiary alicyclic amines) is 1. The molecule has 0 saturated carbocycles. The van der Waals surface area contributed by atoms with Crippen LogP contribution in [0.2, 0.25) is 0 Å². The normalized spacial score (nSPS) is 22.6. The summed E-state index contributed by atoms with van der Waals surface area (Å²) >= 11 is 1.12. The molecule has 0 spiro atoms. The fourth-order valence-corrected chi connectivity index (χ4v) is 15.3. The average molecular weight is 1530 g/mol.